The summed E-state index contributed by atoms with van der Waals surface area (Å²) in [5.74, 6) is -0.795. The fourth-order valence-electron chi connectivity index (χ4n) is 2.93. The molecule has 126 valence electrons. The lowest BCUT2D eigenvalue weighted by Gasteiger charge is -2.23. The summed E-state index contributed by atoms with van der Waals surface area (Å²) < 4.78 is 7.16. The molecule has 2 aromatic heterocycles. The lowest BCUT2D eigenvalue weighted by atomic mass is 10.00. The van der Waals surface area contributed by atoms with Crippen LogP contribution < -0.4 is 5.43 Å². The molecule has 0 bridgehead atoms. The third kappa shape index (κ3) is 3.54. The number of hydrogen-bond donors (Lipinski definition) is 1. The van der Waals surface area contributed by atoms with Gasteiger partial charge in [-0.15, -0.1) is 0 Å². The molecule has 0 atom stereocenters. The molecule has 6 nitrogen and oxygen atoms in total. The lowest BCUT2D eigenvalue weighted by molar-refractivity contribution is 0.0609. The van der Waals surface area contributed by atoms with Crippen LogP contribution in [0.25, 0.3) is 11.3 Å². The van der Waals surface area contributed by atoms with Crippen LogP contribution >= 0.6 is 0 Å². The highest BCUT2D eigenvalue weighted by Crippen LogP contribution is 2.19. The van der Waals surface area contributed by atoms with Crippen LogP contribution in [0, 0.1) is 12.8 Å². The Labute approximate surface area is 139 Å². The Balaban J connectivity index is 2.01. The van der Waals surface area contributed by atoms with Crippen LogP contribution in [0.3, 0.4) is 0 Å². The summed E-state index contributed by atoms with van der Waals surface area (Å²) in [5.41, 5.74) is 1.08. The van der Waals surface area contributed by atoms with Gasteiger partial charge in [0.2, 0.25) is 5.43 Å². The predicted octanol–water partition coefficient (Wildman–Crippen LogP) is 2.34. The fourth-order valence-corrected chi connectivity index (χ4v) is 2.93. The number of aromatic carboxylic acids is 1. The van der Waals surface area contributed by atoms with E-state index < -0.39 is 11.4 Å². The molecule has 3 heterocycles. The maximum absolute atomic E-state index is 12.5. The average molecular weight is 328 g/mol. The van der Waals surface area contributed by atoms with Crippen molar-refractivity contribution in [3.05, 3.63) is 52.1 Å². The van der Waals surface area contributed by atoms with E-state index in [-0.39, 0.29) is 5.56 Å². The molecule has 3 rings (SSSR count). The van der Waals surface area contributed by atoms with Crippen LogP contribution in [0.2, 0.25) is 0 Å². The molecule has 0 spiro atoms. The van der Waals surface area contributed by atoms with E-state index in [9.17, 15) is 14.7 Å². The van der Waals surface area contributed by atoms with E-state index in [1.54, 1.807) is 23.0 Å². The zero-order chi connectivity index (χ0) is 17.1. The zero-order valence-electron chi connectivity index (χ0n) is 13.6. The molecular formula is C18H20N2O4. The van der Waals surface area contributed by atoms with Crippen molar-refractivity contribution in [1.82, 2.24) is 9.55 Å². The van der Waals surface area contributed by atoms with Crippen molar-refractivity contribution in [3.63, 3.8) is 0 Å². The van der Waals surface area contributed by atoms with Gasteiger partial charge in [0.15, 0.2) is 0 Å². The number of aryl methyl sites for hydroxylation is 1. The molecule has 2 aromatic rings. The van der Waals surface area contributed by atoms with Gasteiger partial charge in [0.05, 0.1) is 11.3 Å². The van der Waals surface area contributed by atoms with Crippen molar-refractivity contribution in [3.8, 4) is 11.3 Å². The lowest BCUT2D eigenvalue weighted by Crippen LogP contribution is -2.24. The van der Waals surface area contributed by atoms with Crippen LogP contribution in [0.15, 0.2) is 35.5 Å². The molecule has 0 aliphatic carbocycles. The summed E-state index contributed by atoms with van der Waals surface area (Å²) in [6.07, 6.45) is 6.68. The molecule has 1 aliphatic heterocycles. The Morgan fingerprint density at radius 1 is 1.33 bits per heavy atom. The van der Waals surface area contributed by atoms with Gasteiger partial charge in [-0.25, -0.2) is 4.79 Å². The highest BCUT2D eigenvalue weighted by Gasteiger charge is 2.19. The minimum absolute atomic E-state index is 0.220. The minimum atomic E-state index is -1.21. The normalized spacial score (nSPS) is 15.4. The maximum atomic E-state index is 12.5. The summed E-state index contributed by atoms with van der Waals surface area (Å²) in [6, 6.07) is 3.61. The van der Waals surface area contributed by atoms with Crippen LogP contribution in [0.1, 0.15) is 28.8 Å². The highest BCUT2D eigenvalue weighted by atomic mass is 16.5. The number of rotatable bonds is 4. The van der Waals surface area contributed by atoms with Crippen molar-refractivity contribution in [2.75, 3.05) is 13.2 Å². The summed E-state index contributed by atoms with van der Waals surface area (Å²) in [6.45, 7) is 4.03. The largest absolute Gasteiger partial charge is 0.477 e. The van der Waals surface area contributed by atoms with Crippen LogP contribution in [0.5, 0.6) is 0 Å². The molecule has 1 fully saturated rings. The van der Waals surface area contributed by atoms with E-state index in [4.69, 9.17) is 4.74 Å². The first kappa shape index (κ1) is 16.4. The topological polar surface area (TPSA) is 81.4 Å². The van der Waals surface area contributed by atoms with Gasteiger partial charge in [0, 0.05) is 38.3 Å². The number of carboxylic acid groups (broad SMARTS) is 1. The van der Waals surface area contributed by atoms with Crippen molar-refractivity contribution in [2.24, 2.45) is 5.92 Å². The van der Waals surface area contributed by atoms with E-state index >= 15 is 0 Å². The Kier molecular flexibility index (Phi) is 4.76. The van der Waals surface area contributed by atoms with E-state index in [1.165, 1.54) is 6.20 Å². The zero-order valence-corrected chi connectivity index (χ0v) is 13.6. The summed E-state index contributed by atoms with van der Waals surface area (Å²) in [7, 11) is 0. The summed E-state index contributed by atoms with van der Waals surface area (Å²) in [4.78, 5) is 28.2. The van der Waals surface area contributed by atoms with Gasteiger partial charge >= 0.3 is 5.97 Å². The fraction of sp³-hybridized carbons (Fsp3) is 0.389. The van der Waals surface area contributed by atoms with Gasteiger partial charge < -0.3 is 14.4 Å². The number of pyridine rings is 2. The number of carbonyl (C=O) groups is 1. The Bertz CT molecular complexity index is 790. The van der Waals surface area contributed by atoms with Gasteiger partial charge in [-0.2, -0.15) is 0 Å². The second kappa shape index (κ2) is 6.97. The number of hydrogen-bond acceptors (Lipinski definition) is 4. The number of aromatic nitrogens is 2. The van der Waals surface area contributed by atoms with Crippen LogP contribution in [0.4, 0.5) is 0 Å². The van der Waals surface area contributed by atoms with Crippen molar-refractivity contribution < 1.29 is 14.6 Å². The summed E-state index contributed by atoms with van der Waals surface area (Å²) >= 11 is 0. The van der Waals surface area contributed by atoms with Crippen molar-refractivity contribution in [1.29, 1.82) is 0 Å². The standard InChI is InChI=1S/C18H20N2O4/c1-12-2-3-16(19-8-12)14-10-20(9-13-4-6-24-7-5-13)11-15(17(14)21)18(22)23/h2-3,8,10-11,13H,4-7,9H2,1H3,(H,22,23). The number of nitrogens with zero attached hydrogens (tertiary/aromatic N) is 2. The quantitative estimate of drug-likeness (QED) is 0.931. The van der Waals surface area contributed by atoms with Crippen molar-refractivity contribution >= 4 is 5.97 Å². The first-order valence-corrected chi connectivity index (χ1v) is 8.03. The molecule has 0 amide bonds. The molecule has 24 heavy (non-hydrogen) atoms. The van der Waals surface area contributed by atoms with E-state index in [2.05, 4.69) is 4.98 Å². The maximum Gasteiger partial charge on any atom is 0.341 e. The van der Waals surface area contributed by atoms with E-state index in [0.29, 0.717) is 23.7 Å². The van der Waals surface area contributed by atoms with Crippen LogP contribution in [-0.4, -0.2) is 33.8 Å². The molecule has 0 saturated carbocycles. The monoisotopic (exact) mass is 328 g/mol. The molecule has 0 aromatic carbocycles. The van der Waals surface area contributed by atoms with E-state index in [0.717, 1.165) is 31.6 Å². The third-order valence-corrected chi connectivity index (χ3v) is 4.31. The van der Waals surface area contributed by atoms with E-state index in [1.807, 2.05) is 13.0 Å². The Morgan fingerprint density at radius 2 is 2.08 bits per heavy atom. The Morgan fingerprint density at radius 3 is 2.71 bits per heavy atom. The Hall–Kier alpha value is -2.47. The molecule has 1 aliphatic rings. The second-order valence-corrected chi connectivity index (χ2v) is 6.19. The number of carboxylic acids is 1. The minimum Gasteiger partial charge on any atom is -0.477 e. The van der Waals surface area contributed by atoms with Gasteiger partial charge in [0.25, 0.3) is 0 Å². The smallest absolute Gasteiger partial charge is 0.341 e. The van der Waals surface area contributed by atoms with Gasteiger partial charge in [-0.3, -0.25) is 9.78 Å². The summed E-state index contributed by atoms with van der Waals surface area (Å²) in [5, 5.41) is 9.36. The average Bonchev–Trinajstić information content (AvgIpc) is 2.58. The number of ether oxygens (including phenoxy) is 1. The second-order valence-electron chi connectivity index (χ2n) is 6.19. The SMILES string of the molecule is Cc1ccc(-c2cn(CC3CCOCC3)cc(C(=O)O)c2=O)nc1. The third-order valence-electron chi connectivity index (χ3n) is 4.31. The van der Waals surface area contributed by atoms with Crippen LogP contribution in [-0.2, 0) is 11.3 Å². The molecule has 0 radical (unpaired) electrons. The van der Waals surface area contributed by atoms with Gasteiger partial charge in [-0.05, 0) is 37.3 Å². The first-order valence-electron chi connectivity index (χ1n) is 8.03. The highest BCUT2D eigenvalue weighted by molar-refractivity contribution is 5.88. The first-order chi connectivity index (χ1) is 11.5. The molecule has 1 N–H and O–H groups in total. The predicted molar refractivity (Wildman–Crippen MR) is 89.2 cm³/mol. The van der Waals surface area contributed by atoms with Gasteiger partial charge in [-0.1, -0.05) is 6.07 Å². The molecular weight excluding hydrogens is 308 g/mol. The van der Waals surface area contributed by atoms with Crippen molar-refractivity contribution in [2.45, 2.75) is 26.3 Å². The molecule has 1 saturated heterocycles. The van der Waals surface area contributed by atoms with Gasteiger partial charge in [0.1, 0.15) is 5.56 Å². The molecule has 6 heteroatoms. The molecule has 0 unspecified atom stereocenters.